The highest BCUT2D eigenvalue weighted by molar-refractivity contribution is 7.80. The number of nitrogens with zero attached hydrogens (tertiary/aromatic N) is 2. The summed E-state index contributed by atoms with van der Waals surface area (Å²) in [7, 11) is -4.98. The number of rotatable bonds is 3. The number of hydroxylamine groups is 2. The summed E-state index contributed by atoms with van der Waals surface area (Å²) in [5.41, 5.74) is 0.221. The number of aliphatic carboxylic acids is 1. The van der Waals surface area contributed by atoms with E-state index in [1.165, 1.54) is 18.2 Å². The molecule has 1 saturated heterocycles. The van der Waals surface area contributed by atoms with Crippen molar-refractivity contribution in [2.45, 2.75) is 12.1 Å². The molecule has 2 heterocycles. The molecule has 1 aromatic rings. The normalized spacial score (nSPS) is 23.6. The summed E-state index contributed by atoms with van der Waals surface area (Å²) in [5.74, 6) is -1.64. The highest BCUT2D eigenvalue weighted by atomic mass is 32.3. The molecule has 2 aliphatic rings. The third-order valence-electron chi connectivity index (χ3n) is 3.55. The highest BCUT2D eigenvalue weighted by Crippen LogP contribution is 2.47. The van der Waals surface area contributed by atoms with Crippen LogP contribution in [-0.4, -0.2) is 51.7 Å². The van der Waals surface area contributed by atoms with Crippen LogP contribution in [0.1, 0.15) is 23.2 Å². The van der Waals surface area contributed by atoms with Crippen LogP contribution >= 0.6 is 0 Å². The van der Waals surface area contributed by atoms with Gasteiger partial charge >= 0.3 is 22.4 Å². The van der Waals surface area contributed by atoms with Crippen molar-refractivity contribution >= 4 is 22.4 Å². The third kappa shape index (κ3) is 2.06. The number of fused-ring (bicyclic) bond motifs is 4. The number of carboxylic acid groups (broad SMARTS) is 1. The molecule has 2 bridgehead atoms. The van der Waals surface area contributed by atoms with Crippen molar-refractivity contribution in [2.75, 3.05) is 6.54 Å². The van der Waals surface area contributed by atoms with E-state index in [2.05, 4.69) is 4.28 Å². The fraction of sp³-hybridized carbons (Fsp3) is 0.273. The highest BCUT2D eigenvalue weighted by Gasteiger charge is 2.53. The van der Waals surface area contributed by atoms with Gasteiger partial charge in [-0.15, -0.1) is 4.28 Å². The second-order valence-electron chi connectivity index (χ2n) is 4.80. The van der Waals surface area contributed by atoms with Crippen LogP contribution in [0.3, 0.4) is 0 Å². The van der Waals surface area contributed by atoms with Crippen LogP contribution in [0.5, 0.6) is 5.75 Å². The number of carboxylic acids is 1. The van der Waals surface area contributed by atoms with Crippen LogP contribution in [0.4, 0.5) is 4.79 Å². The van der Waals surface area contributed by atoms with Gasteiger partial charge in [-0.1, -0.05) is 12.1 Å². The zero-order valence-electron chi connectivity index (χ0n) is 10.8. The first kappa shape index (κ1) is 14.6. The van der Waals surface area contributed by atoms with Crippen LogP contribution in [0.25, 0.3) is 0 Å². The van der Waals surface area contributed by atoms with Gasteiger partial charge < -0.3 is 15.1 Å². The van der Waals surface area contributed by atoms with Gasteiger partial charge in [0.05, 0.1) is 6.54 Å². The second-order valence-corrected chi connectivity index (χ2v) is 5.80. The van der Waals surface area contributed by atoms with Crippen molar-refractivity contribution in [3.8, 4) is 5.75 Å². The standard InChI is InChI=1S/C11H10N2O8S/c14-7-3-1-2-5-8(7)6-4-12(9(5)10(15)16)11(17)13(6)21-22(18,19)20/h1-3,6,9,14H,4H2,(H,15,16)(H,18,19,20). The molecule has 2 unspecified atom stereocenters. The molecule has 2 atom stereocenters. The van der Waals surface area contributed by atoms with Crippen molar-refractivity contribution < 1.29 is 37.1 Å². The number of amides is 2. The molecule has 118 valence electrons. The minimum atomic E-state index is -4.98. The predicted octanol–water partition coefficient (Wildman–Crippen LogP) is 0.0446. The monoisotopic (exact) mass is 330 g/mol. The van der Waals surface area contributed by atoms with Gasteiger partial charge in [-0.3, -0.25) is 4.55 Å². The Morgan fingerprint density at radius 1 is 1.36 bits per heavy atom. The second kappa shape index (κ2) is 4.56. The van der Waals surface area contributed by atoms with Crippen LogP contribution < -0.4 is 0 Å². The molecule has 2 amide bonds. The lowest BCUT2D eigenvalue weighted by Crippen LogP contribution is -2.38. The Bertz CT molecular complexity index is 776. The lowest BCUT2D eigenvalue weighted by atomic mass is 9.90. The van der Waals surface area contributed by atoms with E-state index < -0.39 is 34.5 Å². The molecule has 0 aliphatic carbocycles. The molecule has 1 fully saturated rings. The van der Waals surface area contributed by atoms with Gasteiger partial charge in [-0.05, 0) is 11.6 Å². The number of urea groups is 1. The number of hydrogen-bond acceptors (Lipinski definition) is 6. The molecule has 0 radical (unpaired) electrons. The Kier molecular flexibility index (Phi) is 3.02. The summed E-state index contributed by atoms with van der Waals surface area (Å²) in [6.07, 6.45) is 0. The van der Waals surface area contributed by atoms with Crippen molar-refractivity contribution in [2.24, 2.45) is 0 Å². The average Bonchev–Trinajstić information content (AvgIpc) is 2.63. The largest absolute Gasteiger partial charge is 0.508 e. The number of phenols is 1. The number of hydrogen-bond donors (Lipinski definition) is 3. The third-order valence-corrected chi connectivity index (χ3v) is 3.90. The van der Waals surface area contributed by atoms with E-state index in [0.29, 0.717) is 5.06 Å². The number of carbonyl (C=O) groups is 2. The van der Waals surface area contributed by atoms with Gasteiger partial charge in [0.25, 0.3) is 0 Å². The van der Waals surface area contributed by atoms with E-state index in [4.69, 9.17) is 4.55 Å². The molecule has 0 spiro atoms. The van der Waals surface area contributed by atoms with Crippen LogP contribution in [-0.2, 0) is 19.5 Å². The zero-order valence-corrected chi connectivity index (χ0v) is 11.6. The maximum atomic E-state index is 12.2. The van der Waals surface area contributed by atoms with E-state index >= 15 is 0 Å². The van der Waals surface area contributed by atoms with E-state index in [-0.39, 0.29) is 23.4 Å². The zero-order chi connectivity index (χ0) is 16.2. The average molecular weight is 330 g/mol. The van der Waals surface area contributed by atoms with Crippen molar-refractivity contribution in [3.63, 3.8) is 0 Å². The Labute approximate surface area is 124 Å². The molecule has 11 heteroatoms. The van der Waals surface area contributed by atoms with Gasteiger partial charge in [0.15, 0.2) is 6.04 Å². The van der Waals surface area contributed by atoms with E-state index in [0.717, 1.165) is 4.90 Å². The van der Waals surface area contributed by atoms with Crippen molar-refractivity contribution in [3.05, 3.63) is 29.3 Å². The summed E-state index contributed by atoms with van der Waals surface area (Å²) < 4.78 is 34.7. The quantitative estimate of drug-likeness (QED) is 0.659. The Balaban J connectivity index is 2.17. The molecular formula is C11H10N2O8S. The fourth-order valence-corrected chi connectivity index (χ4v) is 3.18. The topological polar surface area (TPSA) is 145 Å². The summed E-state index contributed by atoms with van der Waals surface area (Å²) in [5, 5.41) is 19.6. The van der Waals surface area contributed by atoms with Crippen LogP contribution in [0, 0.1) is 0 Å². The number of carbonyl (C=O) groups excluding carboxylic acids is 1. The Morgan fingerprint density at radius 3 is 2.64 bits per heavy atom. The summed E-state index contributed by atoms with van der Waals surface area (Å²) >= 11 is 0. The lowest BCUT2D eigenvalue weighted by Gasteiger charge is -2.30. The van der Waals surface area contributed by atoms with Crippen molar-refractivity contribution in [1.82, 2.24) is 9.96 Å². The number of benzene rings is 1. The van der Waals surface area contributed by atoms with Crippen molar-refractivity contribution in [1.29, 1.82) is 0 Å². The number of aromatic hydroxyl groups is 1. The number of phenolic OH excluding ortho intramolecular Hbond substituents is 1. The SMILES string of the molecule is O=C(O)C1c2cccc(O)c2C2CN1C(=O)N2OS(=O)(=O)O. The van der Waals surface area contributed by atoms with Gasteiger partial charge in [-0.2, -0.15) is 13.5 Å². The van der Waals surface area contributed by atoms with Gasteiger partial charge in [0, 0.05) is 5.56 Å². The first-order valence-corrected chi connectivity index (χ1v) is 7.38. The van der Waals surface area contributed by atoms with Gasteiger partial charge in [-0.25, -0.2) is 9.59 Å². The maximum absolute atomic E-state index is 12.2. The summed E-state index contributed by atoms with van der Waals surface area (Å²) in [6, 6.07) is 0.626. The maximum Gasteiger partial charge on any atom is 0.418 e. The summed E-state index contributed by atoms with van der Waals surface area (Å²) in [4.78, 5) is 24.5. The minimum Gasteiger partial charge on any atom is -0.508 e. The molecule has 2 aliphatic heterocycles. The smallest absolute Gasteiger partial charge is 0.418 e. The fourth-order valence-electron chi connectivity index (χ4n) is 2.81. The van der Waals surface area contributed by atoms with Crippen LogP contribution in [0.2, 0.25) is 0 Å². The molecule has 3 rings (SSSR count). The van der Waals surface area contributed by atoms with Crippen LogP contribution in [0.15, 0.2) is 18.2 Å². The molecular weight excluding hydrogens is 320 g/mol. The molecule has 10 nitrogen and oxygen atoms in total. The molecule has 3 N–H and O–H groups in total. The molecule has 0 aromatic heterocycles. The predicted molar refractivity (Wildman–Crippen MR) is 67.8 cm³/mol. The van der Waals surface area contributed by atoms with E-state index in [1.807, 2.05) is 0 Å². The molecule has 1 aromatic carbocycles. The molecule has 22 heavy (non-hydrogen) atoms. The van der Waals surface area contributed by atoms with E-state index in [1.54, 1.807) is 0 Å². The van der Waals surface area contributed by atoms with Gasteiger partial charge in [0.2, 0.25) is 0 Å². The van der Waals surface area contributed by atoms with Gasteiger partial charge in [0.1, 0.15) is 11.8 Å². The Hall–Kier alpha value is -2.37. The first-order chi connectivity index (χ1) is 10.2. The van der Waals surface area contributed by atoms with E-state index in [9.17, 15) is 28.2 Å². The molecule has 0 saturated carbocycles. The summed E-state index contributed by atoms with van der Waals surface area (Å²) in [6.45, 7) is -0.199. The lowest BCUT2D eigenvalue weighted by molar-refractivity contribution is -0.142. The Morgan fingerprint density at radius 2 is 2.05 bits per heavy atom. The minimum absolute atomic E-state index is 0.0700. The first-order valence-electron chi connectivity index (χ1n) is 6.02.